The average molecular weight is 417 g/mol. The van der Waals surface area contributed by atoms with Crippen molar-refractivity contribution in [3.05, 3.63) is 90.4 Å². The first kappa shape index (κ1) is 20.3. The maximum Gasteiger partial charge on any atom is 0.287 e. The molecule has 4 rings (SSSR count). The van der Waals surface area contributed by atoms with E-state index in [4.69, 9.17) is 18.6 Å². The van der Waals surface area contributed by atoms with Gasteiger partial charge in [-0.05, 0) is 35.7 Å². The Morgan fingerprint density at radius 3 is 2.45 bits per heavy atom. The Morgan fingerprint density at radius 1 is 0.839 bits per heavy atom. The summed E-state index contributed by atoms with van der Waals surface area (Å²) in [7, 11) is 1.58. The summed E-state index contributed by atoms with van der Waals surface area (Å²) in [6.45, 7) is 0.901. The number of amides is 1. The van der Waals surface area contributed by atoms with E-state index < -0.39 is 0 Å². The SMILES string of the molecule is COc1ccccc1OCc1ccc(C(=O)NCCOc2cccc3ccccc23)o1. The number of carbonyl (C=O) groups excluding carboxylic acids is 1. The molecule has 0 fully saturated rings. The number of carbonyl (C=O) groups is 1. The van der Waals surface area contributed by atoms with Crippen molar-refractivity contribution in [2.75, 3.05) is 20.3 Å². The van der Waals surface area contributed by atoms with Crippen LogP contribution in [0.2, 0.25) is 0 Å². The van der Waals surface area contributed by atoms with Crippen LogP contribution in [0.3, 0.4) is 0 Å². The van der Waals surface area contributed by atoms with Crippen molar-refractivity contribution < 1.29 is 23.4 Å². The van der Waals surface area contributed by atoms with Crippen LogP contribution < -0.4 is 19.5 Å². The number of benzene rings is 3. The predicted octanol–water partition coefficient (Wildman–Crippen LogP) is 4.83. The summed E-state index contributed by atoms with van der Waals surface area (Å²) >= 11 is 0. The molecule has 0 saturated carbocycles. The normalized spacial score (nSPS) is 10.6. The lowest BCUT2D eigenvalue weighted by molar-refractivity contribution is 0.0915. The minimum absolute atomic E-state index is 0.192. The predicted molar refractivity (Wildman–Crippen MR) is 118 cm³/mol. The molecule has 6 heteroatoms. The van der Waals surface area contributed by atoms with Crippen molar-refractivity contribution in [1.82, 2.24) is 5.32 Å². The Morgan fingerprint density at radius 2 is 1.58 bits per heavy atom. The fraction of sp³-hybridized carbons (Fsp3) is 0.160. The molecule has 0 unspecified atom stereocenters. The summed E-state index contributed by atoms with van der Waals surface area (Å²) in [5.41, 5.74) is 0. The first-order valence-electron chi connectivity index (χ1n) is 9.98. The summed E-state index contributed by atoms with van der Waals surface area (Å²) in [5, 5.41) is 4.96. The molecule has 0 saturated heterocycles. The second-order valence-corrected chi connectivity index (χ2v) is 6.79. The Kier molecular flexibility index (Phi) is 6.38. The average Bonchev–Trinajstić information content (AvgIpc) is 3.30. The van der Waals surface area contributed by atoms with Gasteiger partial charge in [-0.3, -0.25) is 4.79 Å². The molecule has 0 radical (unpaired) electrons. The molecule has 1 heterocycles. The van der Waals surface area contributed by atoms with E-state index in [1.807, 2.05) is 66.7 Å². The molecule has 4 aromatic rings. The lowest BCUT2D eigenvalue weighted by Crippen LogP contribution is -2.27. The summed E-state index contributed by atoms with van der Waals surface area (Å²) in [6.07, 6.45) is 0. The van der Waals surface area contributed by atoms with Crippen molar-refractivity contribution in [3.63, 3.8) is 0 Å². The van der Waals surface area contributed by atoms with Crippen LogP contribution in [0.4, 0.5) is 0 Å². The van der Waals surface area contributed by atoms with E-state index in [-0.39, 0.29) is 18.3 Å². The lowest BCUT2D eigenvalue weighted by atomic mass is 10.1. The molecular formula is C25H23NO5. The van der Waals surface area contributed by atoms with Gasteiger partial charge in [-0.15, -0.1) is 0 Å². The van der Waals surface area contributed by atoms with E-state index >= 15 is 0 Å². The molecule has 3 aromatic carbocycles. The van der Waals surface area contributed by atoms with Crippen LogP contribution in [0, 0.1) is 0 Å². The third kappa shape index (κ3) is 4.98. The van der Waals surface area contributed by atoms with Gasteiger partial charge in [-0.1, -0.05) is 48.5 Å². The maximum atomic E-state index is 12.3. The summed E-state index contributed by atoms with van der Waals surface area (Å²) < 4.78 is 22.4. The Bertz CT molecular complexity index is 1160. The maximum absolute atomic E-state index is 12.3. The minimum atomic E-state index is -0.301. The van der Waals surface area contributed by atoms with Gasteiger partial charge < -0.3 is 23.9 Å². The highest BCUT2D eigenvalue weighted by Crippen LogP contribution is 2.27. The Balaban J connectivity index is 1.26. The quantitative estimate of drug-likeness (QED) is 0.395. The van der Waals surface area contributed by atoms with Gasteiger partial charge in [0.05, 0.1) is 13.7 Å². The van der Waals surface area contributed by atoms with Crippen LogP contribution in [-0.2, 0) is 6.61 Å². The van der Waals surface area contributed by atoms with Crippen molar-refractivity contribution in [3.8, 4) is 17.2 Å². The number of methoxy groups -OCH3 is 1. The zero-order valence-corrected chi connectivity index (χ0v) is 17.2. The Labute approximate surface area is 180 Å². The van der Waals surface area contributed by atoms with Crippen LogP contribution in [0.1, 0.15) is 16.3 Å². The van der Waals surface area contributed by atoms with Crippen LogP contribution >= 0.6 is 0 Å². The van der Waals surface area contributed by atoms with Crippen molar-refractivity contribution in [1.29, 1.82) is 0 Å². The first-order valence-corrected chi connectivity index (χ1v) is 9.98. The van der Waals surface area contributed by atoms with E-state index in [0.29, 0.717) is 30.4 Å². The number of ether oxygens (including phenoxy) is 3. The lowest BCUT2D eigenvalue weighted by Gasteiger charge is -2.10. The van der Waals surface area contributed by atoms with Gasteiger partial charge in [0.25, 0.3) is 5.91 Å². The molecule has 1 N–H and O–H groups in total. The molecule has 1 aromatic heterocycles. The minimum Gasteiger partial charge on any atom is -0.493 e. The number of nitrogens with one attached hydrogen (secondary N) is 1. The van der Waals surface area contributed by atoms with Gasteiger partial charge >= 0.3 is 0 Å². The second-order valence-electron chi connectivity index (χ2n) is 6.79. The second kappa shape index (κ2) is 9.71. The standard InChI is InChI=1S/C25H23NO5/c1-28-22-10-4-5-11-23(22)30-17-19-13-14-24(31-19)25(27)26-15-16-29-21-12-6-8-18-7-2-3-9-20(18)21/h2-14H,15-17H2,1H3,(H,26,27). The van der Waals surface area contributed by atoms with E-state index in [1.54, 1.807) is 19.2 Å². The number of fused-ring (bicyclic) bond motifs is 1. The molecule has 0 spiro atoms. The van der Waals surface area contributed by atoms with Crippen molar-refractivity contribution in [2.24, 2.45) is 0 Å². The molecule has 0 aliphatic heterocycles. The molecule has 1 amide bonds. The summed E-state index contributed by atoms with van der Waals surface area (Å²) in [4.78, 5) is 12.3. The first-order chi connectivity index (χ1) is 15.2. The van der Waals surface area contributed by atoms with E-state index in [0.717, 1.165) is 16.5 Å². The third-order valence-corrected chi connectivity index (χ3v) is 4.72. The van der Waals surface area contributed by atoms with Gasteiger partial charge in [0.1, 0.15) is 24.7 Å². The number of furan rings is 1. The summed E-state index contributed by atoms with van der Waals surface area (Å²) in [6, 6.07) is 24.6. The number of hydrogen-bond donors (Lipinski definition) is 1. The van der Waals surface area contributed by atoms with E-state index in [1.165, 1.54) is 0 Å². The van der Waals surface area contributed by atoms with Crippen LogP contribution in [0.5, 0.6) is 17.2 Å². The molecule has 0 atom stereocenters. The van der Waals surface area contributed by atoms with E-state index in [9.17, 15) is 4.79 Å². The monoisotopic (exact) mass is 417 g/mol. The van der Waals surface area contributed by atoms with Gasteiger partial charge in [0.2, 0.25) is 0 Å². The Hall–Kier alpha value is -3.93. The van der Waals surface area contributed by atoms with Crippen LogP contribution in [-0.4, -0.2) is 26.2 Å². The zero-order chi connectivity index (χ0) is 21.5. The van der Waals surface area contributed by atoms with Crippen LogP contribution in [0.15, 0.2) is 83.3 Å². The number of para-hydroxylation sites is 2. The highest BCUT2D eigenvalue weighted by atomic mass is 16.5. The molecule has 0 aliphatic carbocycles. The molecule has 0 bridgehead atoms. The van der Waals surface area contributed by atoms with E-state index in [2.05, 4.69) is 5.32 Å². The third-order valence-electron chi connectivity index (χ3n) is 4.72. The van der Waals surface area contributed by atoms with Crippen LogP contribution in [0.25, 0.3) is 10.8 Å². The highest BCUT2D eigenvalue weighted by molar-refractivity contribution is 5.91. The van der Waals surface area contributed by atoms with Gasteiger partial charge in [-0.2, -0.15) is 0 Å². The molecular weight excluding hydrogens is 394 g/mol. The zero-order valence-electron chi connectivity index (χ0n) is 17.2. The molecule has 158 valence electrons. The van der Waals surface area contributed by atoms with Crippen molar-refractivity contribution in [2.45, 2.75) is 6.61 Å². The molecule has 0 aliphatic rings. The smallest absolute Gasteiger partial charge is 0.287 e. The largest absolute Gasteiger partial charge is 0.493 e. The van der Waals surface area contributed by atoms with Crippen molar-refractivity contribution >= 4 is 16.7 Å². The van der Waals surface area contributed by atoms with Gasteiger partial charge in [0, 0.05) is 5.39 Å². The topological polar surface area (TPSA) is 69.9 Å². The number of rotatable bonds is 9. The fourth-order valence-corrected chi connectivity index (χ4v) is 3.20. The highest BCUT2D eigenvalue weighted by Gasteiger charge is 2.12. The fourth-order valence-electron chi connectivity index (χ4n) is 3.20. The molecule has 6 nitrogen and oxygen atoms in total. The molecule has 31 heavy (non-hydrogen) atoms. The summed E-state index contributed by atoms with van der Waals surface area (Å²) in [5.74, 6) is 2.51. The van der Waals surface area contributed by atoms with Gasteiger partial charge in [0.15, 0.2) is 17.3 Å². The number of hydrogen-bond acceptors (Lipinski definition) is 5. The van der Waals surface area contributed by atoms with Gasteiger partial charge in [-0.25, -0.2) is 0 Å².